The number of benzene rings is 1. The molecule has 0 unspecified atom stereocenters. The van der Waals surface area contributed by atoms with E-state index in [2.05, 4.69) is 34.5 Å². The van der Waals surface area contributed by atoms with Gasteiger partial charge in [-0.2, -0.15) is 0 Å². The summed E-state index contributed by atoms with van der Waals surface area (Å²) in [7, 11) is 0. The lowest BCUT2D eigenvalue weighted by molar-refractivity contribution is -0.119. The van der Waals surface area contributed by atoms with Crippen LogP contribution in [0.2, 0.25) is 0 Å². The van der Waals surface area contributed by atoms with Gasteiger partial charge in [0.1, 0.15) is 23.0 Å². The maximum absolute atomic E-state index is 11.7. The highest BCUT2D eigenvalue weighted by Crippen LogP contribution is 2.31. The third kappa shape index (κ3) is 4.04. The third-order valence-corrected chi connectivity index (χ3v) is 5.27. The summed E-state index contributed by atoms with van der Waals surface area (Å²) < 4.78 is 11.6. The first kappa shape index (κ1) is 18.6. The van der Waals surface area contributed by atoms with Crippen LogP contribution < -0.4 is 5.32 Å². The molecule has 0 spiro atoms. The standard InChI is InChI=1S/C23H26N2O3/c1-15-7-9-22(27-15)19-6-4-5-18(11-19)12-25-13-20(21(14-25)24-17(3)26)23-10-8-16(2)28-23/h4-11,20-21H,12-14H2,1-3H3,(H,24,26)/t20-,21-/m1/s1. The fourth-order valence-corrected chi connectivity index (χ4v) is 4.03. The fourth-order valence-electron chi connectivity index (χ4n) is 4.03. The molecular weight excluding hydrogens is 352 g/mol. The molecule has 1 N–H and O–H groups in total. The Morgan fingerprint density at radius 2 is 1.86 bits per heavy atom. The first-order valence-electron chi connectivity index (χ1n) is 9.69. The largest absolute Gasteiger partial charge is 0.466 e. The zero-order valence-corrected chi connectivity index (χ0v) is 16.6. The van der Waals surface area contributed by atoms with Crippen molar-refractivity contribution >= 4 is 5.91 Å². The highest BCUT2D eigenvalue weighted by molar-refractivity contribution is 5.73. The number of carbonyl (C=O) groups excluding carboxylic acids is 1. The molecule has 3 aromatic rings. The summed E-state index contributed by atoms with van der Waals surface area (Å²) in [5.74, 6) is 3.80. The molecule has 2 aromatic heterocycles. The minimum absolute atomic E-state index is 0.00434. The van der Waals surface area contributed by atoms with E-state index in [1.165, 1.54) is 5.56 Å². The van der Waals surface area contributed by atoms with Gasteiger partial charge in [0.05, 0.1) is 12.0 Å². The van der Waals surface area contributed by atoms with Crippen LogP contribution in [-0.2, 0) is 11.3 Å². The zero-order chi connectivity index (χ0) is 19.7. The number of furan rings is 2. The summed E-state index contributed by atoms with van der Waals surface area (Å²) in [4.78, 5) is 14.1. The van der Waals surface area contributed by atoms with Gasteiger partial charge in [0.2, 0.25) is 5.91 Å². The lowest BCUT2D eigenvalue weighted by Gasteiger charge is -2.17. The van der Waals surface area contributed by atoms with Crippen molar-refractivity contribution in [2.45, 2.75) is 39.3 Å². The Balaban J connectivity index is 1.51. The monoisotopic (exact) mass is 378 g/mol. The van der Waals surface area contributed by atoms with Crippen LogP contribution in [-0.4, -0.2) is 29.9 Å². The lowest BCUT2D eigenvalue weighted by Crippen LogP contribution is -2.38. The molecule has 28 heavy (non-hydrogen) atoms. The average molecular weight is 378 g/mol. The molecule has 146 valence electrons. The van der Waals surface area contributed by atoms with Crippen LogP contribution in [0.3, 0.4) is 0 Å². The number of carbonyl (C=O) groups is 1. The van der Waals surface area contributed by atoms with Crippen molar-refractivity contribution in [3.8, 4) is 11.3 Å². The number of nitrogens with zero attached hydrogens (tertiary/aromatic N) is 1. The Labute approximate surface area is 165 Å². The summed E-state index contributed by atoms with van der Waals surface area (Å²) in [5, 5.41) is 3.10. The number of rotatable bonds is 5. The van der Waals surface area contributed by atoms with Crippen LogP contribution in [0.5, 0.6) is 0 Å². The van der Waals surface area contributed by atoms with Crippen LogP contribution in [0.4, 0.5) is 0 Å². The van der Waals surface area contributed by atoms with E-state index in [9.17, 15) is 4.79 Å². The van der Waals surface area contributed by atoms with Gasteiger partial charge in [0.15, 0.2) is 0 Å². The van der Waals surface area contributed by atoms with Crippen molar-refractivity contribution in [1.29, 1.82) is 0 Å². The lowest BCUT2D eigenvalue weighted by atomic mass is 10.0. The van der Waals surface area contributed by atoms with Crippen LogP contribution in [0.1, 0.15) is 35.7 Å². The molecule has 2 atom stereocenters. The molecule has 1 saturated heterocycles. The van der Waals surface area contributed by atoms with E-state index in [1.54, 1.807) is 6.92 Å². The Morgan fingerprint density at radius 1 is 1.07 bits per heavy atom. The summed E-state index contributed by atoms with van der Waals surface area (Å²) >= 11 is 0. The van der Waals surface area contributed by atoms with Crippen molar-refractivity contribution in [2.24, 2.45) is 0 Å². The maximum atomic E-state index is 11.7. The van der Waals surface area contributed by atoms with Crippen molar-refractivity contribution in [3.63, 3.8) is 0 Å². The number of likely N-dealkylation sites (tertiary alicyclic amines) is 1. The van der Waals surface area contributed by atoms with Gasteiger partial charge in [0, 0.05) is 32.1 Å². The molecule has 1 aliphatic rings. The van der Waals surface area contributed by atoms with Crippen molar-refractivity contribution in [1.82, 2.24) is 10.2 Å². The molecule has 5 nitrogen and oxygen atoms in total. The average Bonchev–Trinajstić information content (AvgIpc) is 3.35. The second-order valence-corrected chi connectivity index (χ2v) is 7.67. The van der Waals surface area contributed by atoms with E-state index in [1.807, 2.05) is 38.1 Å². The molecule has 0 saturated carbocycles. The zero-order valence-electron chi connectivity index (χ0n) is 16.6. The van der Waals surface area contributed by atoms with E-state index in [0.717, 1.165) is 48.2 Å². The van der Waals surface area contributed by atoms with Crippen LogP contribution >= 0.6 is 0 Å². The molecule has 1 fully saturated rings. The topological polar surface area (TPSA) is 58.6 Å². The Kier molecular flexibility index (Phi) is 5.09. The number of hydrogen-bond acceptors (Lipinski definition) is 4. The number of hydrogen-bond donors (Lipinski definition) is 1. The van der Waals surface area contributed by atoms with Gasteiger partial charge < -0.3 is 14.2 Å². The van der Waals surface area contributed by atoms with Crippen molar-refractivity contribution in [2.75, 3.05) is 13.1 Å². The predicted molar refractivity (Wildman–Crippen MR) is 108 cm³/mol. The maximum Gasteiger partial charge on any atom is 0.217 e. The fraction of sp³-hybridized carbons (Fsp3) is 0.348. The summed E-state index contributed by atoms with van der Waals surface area (Å²) in [5.41, 5.74) is 2.31. The predicted octanol–water partition coefficient (Wildman–Crippen LogP) is 4.26. The molecule has 5 heteroatoms. The summed E-state index contributed by atoms with van der Waals surface area (Å²) in [6.07, 6.45) is 0. The molecular formula is C23H26N2O3. The van der Waals surface area contributed by atoms with Gasteiger partial charge in [-0.05, 0) is 49.7 Å². The van der Waals surface area contributed by atoms with E-state index in [-0.39, 0.29) is 17.9 Å². The highest BCUT2D eigenvalue weighted by atomic mass is 16.3. The third-order valence-electron chi connectivity index (χ3n) is 5.27. The quantitative estimate of drug-likeness (QED) is 0.721. The molecule has 1 amide bonds. The summed E-state index contributed by atoms with van der Waals surface area (Å²) in [6.45, 7) is 7.94. The SMILES string of the molecule is CC(=O)N[C@@H]1CN(Cc2cccc(-c3ccc(C)o3)c2)C[C@H]1c1ccc(C)o1. The second kappa shape index (κ2) is 7.68. The van der Waals surface area contributed by atoms with Crippen LogP contribution in [0.25, 0.3) is 11.3 Å². The van der Waals surface area contributed by atoms with Gasteiger partial charge in [-0.1, -0.05) is 18.2 Å². The van der Waals surface area contributed by atoms with Crippen molar-refractivity contribution in [3.05, 3.63) is 71.4 Å². The highest BCUT2D eigenvalue weighted by Gasteiger charge is 2.36. The first-order valence-corrected chi connectivity index (χ1v) is 9.69. The van der Waals surface area contributed by atoms with Crippen molar-refractivity contribution < 1.29 is 13.6 Å². The van der Waals surface area contributed by atoms with Gasteiger partial charge in [0.25, 0.3) is 0 Å². The molecule has 0 aliphatic carbocycles. The van der Waals surface area contributed by atoms with E-state index in [0.29, 0.717) is 0 Å². The van der Waals surface area contributed by atoms with Gasteiger partial charge in [-0.25, -0.2) is 0 Å². The molecule has 4 rings (SSSR count). The number of aryl methyl sites for hydroxylation is 2. The minimum Gasteiger partial charge on any atom is -0.466 e. The molecule has 3 heterocycles. The molecule has 0 radical (unpaired) electrons. The Bertz CT molecular complexity index is 972. The first-order chi connectivity index (χ1) is 13.5. The summed E-state index contributed by atoms with van der Waals surface area (Å²) in [6, 6.07) is 16.5. The second-order valence-electron chi connectivity index (χ2n) is 7.67. The molecule has 1 aromatic carbocycles. The van der Waals surface area contributed by atoms with Gasteiger partial charge >= 0.3 is 0 Å². The Morgan fingerprint density at radius 3 is 2.54 bits per heavy atom. The van der Waals surface area contributed by atoms with Gasteiger partial charge in [-0.3, -0.25) is 9.69 Å². The van der Waals surface area contributed by atoms with Gasteiger partial charge in [-0.15, -0.1) is 0 Å². The Hall–Kier alpha value is -2.79. The van der Waals surface area contributed by atoms with E-state index >= 15 is 0 Å². The normalized spacial score (nSPS) is 19.8. The van der Waals surface area contributed by atoms with Crippen LogP contribution in [0.15, 0.2) is 57.4 Å². The molecule has 1 aliphatic heterocycles. The molecule has 0 bridgehead atoms. The number of nitrogens with one attached hydrogen (secondary N) is 1. The van der Waals surface area contributed by atoms with E-state index < -0.39 is 0 Å². The number of amides is 1. The van der Waals surface area contributed by atoms with Crippen LogP contribution in [0, 0.1) is 13.8 Å². The smallest absolute Gasteiger partial charge is 0.217 e. The van der Waals surface area contributed by atoms with E-state index in [4.69, 9.17) is 8.83 Å². The minimum atomic E-state index is -0.00434.